The lowest BCUT2D eigenvalue weighted by Crippen LogP contribution is -2.51. The standard InChI is InChI=1S/C28H48O5Si/c1-9-16-21(6)26(29)27(33-34(11-3,12-4)13-5)25-20-19-22(30-25)17-14-15-18-24-23(10-2)31-28(7,8)32-24/h1,10,15,18,21-27,29H,2,11-14,16-17,19-20H2,3-8H3/b18-15+/t21-,22+,23-,24-,25+,26-,27-/m1/s1. The van der Waals surface area contributed by atoms with E-state index in [1.54, 1.807) is 6.08 Å². The van der Waals surface area contributed by atoms with Crippen molar-refractivity contribution in [2.45, 2.75) is 134 Å². The van der Waals surface area contributed by atoms with Gasteiger partial charge in [0.15, 0.2) is 14.1 Å². The number of rotatable bonds is 14. The molecule has 7 atom stereocenters. The number of hydrogen-bond acceptors (Lipinski definition) is 5. The number of ether oxygens (including phenoxy) is 3. The number of hydrogen-bond donors (Lipinski definition) is 1. The van der Waals surface area contributed by atoms with E-state index in [1.165, 1.54) is 0 Å². The lowest BCUT2D eigenvalue weighted by molar-refractivity contribution is -0.138. The highest BCUT2D eigenvalue weighted by Crippen LogP contribution is 2.34. The molecule has 2 rings (SSSR count). The summed E-state index contributed by atoms with van der Waals surface area (Å²) in [6.07, 6.45) is 14.8. The Labute approximate surface area is 209 Å². The van der Waals surface area contributed by atoms with Gasteiger partial charge in [-0.05, 0) is 63.6 Å². The highest BCUT2D eigenvalue weighted by Gasteiger charge is 2.43. The number of terminal acetylenes is 1. The van der Waals surface area contributed by atoms with Gasteiger partial charge >= 0.3 is 0 Å². The van der Waals surface area contributed by atoms with Gasteiger partial charge in [-0.25, -0.2) is 0 Å². The van der Waals surface area contributed by atoms with Gasteiger partial charge in [0.1, 0.15) is 12.2 Å². The minimum absolute atomic E-state index is 0.0199. The lowest BCUT2D eigenvalue weighted by Gasteiger charge is -2.39. The largest absolute Gasteiger partial charge is 0.409 e. The number of aliphatic hydroxyl groups is 1. The normalized spacial score (nSPS) is 29.7. The molecule has 0 aromatic heterocycles. The number of aliphatic hydroxyl groups excluding tert-OH is 1. The molecule has 0 aromatic carbocycles. The summed E-state index contributed by atoms with van der Waals surface area (Å²) in [5.74, 6) is 2.09. The molecule has 0 aliphatic carbocycles. The van der Waals surface area contributed by atoms with Crippen molar-refractivity contribution in [2.24, 2.45) is 5.92 Å². The molecule has 1 N–H and O–H groups in total. The first kappa shape index (κ1) is 29.3. The Hall–Kier alpha value is -0.943. The second kappa shape index (κ2) is 13.4. The van der Waals surface area contributed by atoms with E-state index in [9.17, 15) is 5.11 Å². The maximum Gasteiger partial charge on any atom is 0.192 e. The van der Waals surface area contributed by atoms with Gasteiger partial charge in [0.2, 0.25) is 0 Å². The second-order valence-electron chi connectivity index (χ2n) is 10.4. The molecular weight excluding hydrogens is 444 g/mol. The Bertz CT molecular complexity index is 687. The second-order valence-corrected chi connectivity index (χ2v) is 15.1. The molecular formula is C28H48O5Si. The van der Waals surface area contributed by atoms with Crippen molar-refractivity contribution in [3.05, 3.63) is 24.8 Å². The van der Waals surface area contributed by atoms with E-state index >= 15 is 0 Å². The summed E-state index contributed by atoms with van der Waals surface area (Å²) in [6, 6.07) is 3.13. The Morgan fingerprint density at radius 2 is 1.82 bits per heavy atom. The zero-order chi connectivity index (χ0) is 25.4. The molecule has 2 saturated heterocycles. The van der Waals surface area contributed by atoms with Crippen LogP contribution in [0.15, 0.2) is 24.8 Å². The van der Waals surface area contributed by atoms with Crippen LogP contribution < -0.4 is 0 Å². The molecule has 2 aliphatic rings. The zero-order valence-corrected chi connectivity index (χ0v) is 23.3. The van der Waals surface area contributed by atoms with Crippen LogP contribution in [-0.4, -0.2) is 55.8 Å². The topological polar surface area (TPSA) is 57.2 Å². The molecule has 0 amide bonds. The summed E-state index contributed by atoms with van der Waals surface area (Å²) in [5, 5.41) is 11.2. The van der Waals surface area contributed by atoms with Gasteiger partial charge in [0.25, 0.3) is 0 Å². The summed E-state index contributed by atoms with van der Waals surface area (Å²) in [4.78, 5) is 0. The van der Waals surface area contributed by atoms with Gasteiger partial charge in [-0.2, -0.15) is 0 Å². The van der Waals surface area contributed by atoms with Gasteiger partial charge in [-0.3, -0.25) is 0 Å². The SMILES string of the molecule is C#CC[C@@H](C)[C@@H](O)[C@H](O[Si](CC)(CC)CC)[C@@H]1CC[C@H](CC/C=C/[C@H]2OC(C)(C)O[C@@H]2C=C)O1. The molecule has 0 unspecified atom stereocenters. The van der Waals surface area contributed by atoms with E-state index < -0.39 is 20.2 Å². The predicted molar refractivity (Wildman–Crippen MR) is 141 cm³/mol. The molecule has 0 saturated carbocycles. The third-order valence-corrected chi connectivity index (χ3v) is 12.2. The lowest BCUT2D eigenvalue weighted by atomic mass is 9.93. The summed E-state index contributed by atoms with van der Waals surface area (Å²) in [7, 11) is -1.91. The number of allylic oxidation sites excluding steroid dienone is 1. The quantitative estimate of drug-likeness (QED) is 0.183. The minimum atomic E-state index is -1.91. The van der Waals surface area contributed by atoms with Crippen LogP contribution in [0.25, 0.3) is 0 Å². The van der Waals surface area contributed by atoms with Crippen LogP contribution in [0.1, 0.15) is 73.6 Å². The van der Waals surface area contributed by atoms with Gasteiger partial charge in [0.05, 0.1) is 24.4 Å². The molecule has 194 valence electrons. The van der Waals surface area contributed by atoms with Gasteiger partial charge < -0.3 is 23.7 Å². The van der Waals surface area contributed by atoms with Crippen molar-refractivity contribution in [2.75, 3.05) is 0 Å². The van der Waals surface area contributed by atoms with Crippen LogP contribution in [0.2, 0.25) is 18.1 Å². The maximum absolute atomic E-state index is 11.2. The Morgan fingerprint density at radius 1 is 1.18 bits per heavy atom. The fourth-order valence-electron chi connectivity index (χ4n) is 5.13. The molecule has 34 heavy (non-hydrogen) atoms. The van der Waals surface area contributed by atoms with Crippen LogP contribution in [0.3, 0.4) is 0 Å². The highest BCUT2D eigenvalue weighted by molar-refractivity contribution is 6.73. The zero-order valence-electron chi connectivity index (χ0n) is 22.3. The first-order valence-corrected chi connectivity index (χ1v) is 15.8. The smallest absolute Gasteiger partial charge is 0.192 e. The molecule has 6 heteroatoms. The van der Waals surface area contributed by atoms with E-state index in [0.29, 0.717) is 6.42 Å². The van der Waals surface area contributed by atoms with Crippen molar-refractivity contribution < 1.29 is 23.7 Å². The minimum Gasteiger partial charge on any atom is -0.409 e. The van der Waals surface area contributed by atoms with E-state index in [2.05, 4.69) is 45.4 Å². The summed E-state index contributed by atoms with van der Waals surface area (Å²) < 4.78 is 25.1. The molecule has 0 radical (unpaired) electrons. The van der Waals surface area contributed by atoms with Crippen LogP contribution in [0.4, 0.5) is 0 Å². The molecule has 0 bridgehead atoms. The molecule has 5 nitrogen and oxygen atoms in total. The molecule has 0 aromatic rings. The van der Waals surface area contributed by atoms with E-state index in [-0.39, 0.29) is 36.4 Å². The van der Waals surface area contributed by atoms with Crippen molar-refractivity contribution >= 4 is 8.32 Å². The Kier molecular flexibility index (Phi) is 11.5. The van der Waals surface area contributed by atoms with E-state index in [0.717, 1.165) is 43.8 Å². The van der Waals surface area contributed by atoms with Gasteiger partial charge in [-0.1, -0.05) is 45.9 Å². The Balaban J connectivity index is 1.97. The highest BCUT2D eigenvalue weighted by atomic mass is 28.4. The molecule has 0 spiro atoms. The van der Waals surface area contributed by atoms with Crippen LogP contribution >= 0.6 is 0 Å². The van der Waals surface area contributed by atoms with Crippen molar-refractivity contribution in [3.63, 3.8) is 0 Å². The average Bonchev–Trinajstić information content (AvgIpc) is 3.41. The van der Waals surface area contributed by atoms with Crippen LogP contribution in [0.5, 0.6) is 0 Å². The molecule has 2 aliphatic heterocycles. The maximum atomic E-state index is 11.2. The van der Waals surface area contributed by atoms with Crippen LogP contribution in [-0.2, 0) is 18.6 Å². The molecule has 2 fully saturated rings. The average molecular weight is 493 g/mol. The summed E-state index contributed by atoms with van der Waals surface area (Å²) >= 11 is 0. The molecule has 2 heterocycles. The van der Waals surface area contributed by atoms with Crippen LogP contribution in [0, 0.1) is 18.3 Å². The van der Waals surface area contributed by atoms with E-state index in [4.69, 9.17) is 25.1 Å². The fraction of sp³-hybridized carbons (Fsp3) is 0.786. The van der Waals surface area contributed by atoms with Crippen molar-refractivity contribution in [1.29, 1.82) is 0 Å². The fourth-order valence-corrected chi connectivity index (χ4v) is 8.00. The first-order valence-electron chi connectivity index (χ1n) is 13.2. The van der Waals surface area contributed by atoms with Gasteiger partial charge in [0, 0.05) is 6.42 Å². The monoisotopic (exact) mass is 492 g/mol. The summed E-state index contributed by atoms with van der Waals surface area (Å²) in [5.41, 5.74) is 0. The van der Waals surface area contributed by atoms with Crippen molar-refractivity contribution in [1.82, 2.24) is 0 Å². The van der Waals surface area contributed by atoms with E-state index in [1.807, 2.05) is 20.8 Å². The third kappa shape index (κ3) is 7.78. The first-order chi connectivity index (χ1) is 16.1. The van der Waals surface area contributed by atoms with Crippen molar-refractivity contribution in [3.8, 4) is 12.3 Å². The summed E-state index contributed by atoms with van der Waals surface area (Å²) in [6.45, 7) is 16.4. The predicted octanol–water partition coefficient (Wildman–Crippen LogP) is 5.99. The Morgan fingerprint density at radius 3 is 2.41 bits per heavy atom. The van der Waals surface area contributed by atoms with Gasteiger partial charge in [-0.15, -0.1) is 18.9 Å². The third-order valence-electron chi connectivity index (χ3n) is 7.56.